The SMILES string of the molecule is COc1ccc(OC)c(-n2c(N)c(C(=O)NCCCOC(C)C)c3nc4ccccc4nc32)c1. The maximum absolute atomic E-state index is 13.3. The summed E-state index contributed by atoms with van der Waals surface area (Å²) in [6.45, 7) is 4.95. The summed E-state index contributed by atoms with van der Waals surface area (Å²) in [5, 5.41) is 2.93. The van der Waals surface area contributed by atoms with E-state index >= 15 is 0 Å². The van der Waals surface area contributed by atoms with E-state index in [0.717, 1.165) is 0 Å². The average Bonchev–Trinajstić information content (AvgIpc) is 3.12. The van der Waals surface area contributed by atoms with Crippen LogP contribution in [-0.4, -0.2) is 53.9 Å². The summed E-state index contributed by atoms with van der Waals surface area (Å²) >= 11 is 0. The van der Waals surface area contributed by atoms with Gasteiger partial charge in [-0.05, 0) is 44.5 Å². The Morgan fingerprint density at radius 2 is 1.82 bits per heavy atom. The predicted molar refractivity (Wildman–Crippen MR) is 132 cm³/mol. The Morgan fingerprint density at radius 1 is 1.09 bits per heavy atom. The summed E-state index contributed by atoms with van der Waals surface area (Å²) in [5.41, 5.74) is 9.69. The number of hydrogen-bond acceptors (Lipinski definition) is 7. The molecule has 0 saturated heterocycles. The van der Waals surface area contributed by atoms with Crippen LogP contribution in [0.2, 0.25) is 0 Å². The van der Waals surface area contributed by atoms with Crippen LogP contribution in [-0.2, 0) is 4.74 Å². The molecule has 0 fully saturated rings. The lowest BCUT2D eigenvalue weighted by Gasteiger charge is -2.14. The summed E-state index contributed by atoms with van der Waals surface area (Å²) < 4.78 is 18.2. The number of nitrogen functional groups attached to an aromatic ring is 1. The standard InChI is InChI=1S/C25H29N5O4/c1-15(2)34-13-7-12-27-25(31)21-22-24(29-18-9-6-5-8-17(18)28-22)30(23(21)26)19-14-16(32-3)10-11-20(19)33-4/h5-6,8-11,14-15H,7,12-13,26H2,1-4H3,(H,27,31). The van der Waals surface area contributed by atoms with E-state index in [1.807, 2.05) is 38.1 Å². The number of ether oxygens (including phenoxy) is 3. The number of fused-ring (bicyclic) bond motifs is 2. The number of rotatable bonds is 9. The van der Waals surface area contributed by atoms with Crippen molar-refractivity contribution in [2.45, 2.75) is 26.4 Å². The number of nitrogens with one attached hydrogen (secondary N) is 1. The minimum Gasteiger partial charge on any atom is -0.497 e. The Kier molecular flexibility index (Phi) is 6.83. The topological polar surface area (TPSA) is 114 Å². The van der Waals surface area contributed by atoms with Crippen LogP contribution in [0.15, 0.2) is 42.5 Å². The molecule has 0 aliphatic carbocycles. The zero-order valence-corrected chi connectivity index (χ0v) is 19.8. The molecule has 0 aliphatic heterocycles. The molecule has 1 amide bonds. The molecule has 2 heterocycles. The molecule has 0 aliphatic rings. The van der Waals surface area contributed by atoms with Gasteiger partial charge in [-0.3, -0.25) is 9.36 Å². The van der Waals surface area contributed by atoms with Gasteiger partial charge in [0.15, 0.2) is 5.65 Å². The lowest BCUT2D eigenvalue weighted by atomic mass is 10.2. The number of nitrogens with two attached hydrogens (primary N) is 1. The molecule has 0 unspecified atom stereocenters. The van der Waals surface area contributed by atoms with Gasteiger partial charge in [-0.1, -0.05) is 12.1 Å². The van der Waals surface area contributed by atoms with Gasteiger partial charge in [0.1, 0.15) is 28.4 Å². The lowest BCUT2D eigenvalue weighted by molar-refractivity contribution is 0.0757. The number of anilines is 1. The zero-order chi connectivity index (χ0) is 24.2. The average molecular weight is 464 g/mol. The monoisotopic (exact) mass is 463 g/mol. The quantitative estimate of drug-likeness (QED) is 0.364. The van der Waals surface area contributed by atoms with Gasteiger partial charge >= 0.3 is 0 Å². The Bertz CT molecular complexity index is 1330. The third-order valence-corrected chi connectivity index (χ3v) is 5.41. The van der Waals surface area contributed by atoms with E-state index in [1.54, 1.807) is 37.0 Å². The van der Waals surface area contributed by atoms with Crippen molar-refractivity contribution in [3.8, 4) is 17.2 Å². The van der Waals surface area contributed by atoms with Crippen LogP contribution in [0.25, 0.3) is 27.9 Å². The molecular formula is C25H29N5O4. The Labute approximate surface area is 197 Å². The molecule has 178 valence electrons. The smallest absolute Gasteiger partial charge is 0.257 e. The third kappa shape index (κ3) is 4.47. The molecule has 34 heavy (non-hydrogen) atoms. The maximum Gasteiger partial charge on any atom is 0.257 e. The summed E-state index contributed by atoms with van der Waals surface area (Å²) in [5.74, 6) is 1.06. The van der Waals surface area contributed by atoms with Gasteiger partial charge in [0, 0.05) is 19.2 Å². The van der Waals surface area contributed by atoms with Gasteiger partial charge in [-0.15, -0.1) is 0 Å². The second-order valence-electron chi connectivity index (χ2n) is 8.05. The van der Waals surface area contributed by atoms with E-state index in [9.17, 15) is 4.79 Å². The van der Waals surface area contributed by atoms with E-state index in [-0.39, 0.29) is 23.4 Å². The number of amides is 1. The number of methoxy groups -OCH3 is 2. The van der Waals surface area contributed by atoms with Crippen molar-refractivity contribution in [1.29, 1.82) is 0 Å². The molecule has 2 aromatic carbocycles. The summed E-state index contributed by atoms with van der Waals surface area (Å²) in [6.07, 6.45) is 0.826. The van der Waals surface area contributed by atoms with Crippen molar-refractivity contribution < 1.29 is 19.0 Å². The highest BCUT2D eigenvalue weighted by Crippen LogP contribution is 2.36. The highest BCUT2D eigenvalue weighted by Gasteiger charge is 2.26. The van der Waals surface area contributed by atoms with E-state index in [2.05, 4.69) is 5.32 Å². The third-order valence-electron chi connectivity index (χ3n) is 5.41. The molecule has 3 N–H and O–H groups in total. The molecule has 0 saturated carbocycles. The van der Waals surface area contributed by atoms with Crippen molar-refractivity contribution in [2.75, 3.05) is 33.1 Å². The van der Waals surface area contributed by atoms with Crippen LogP contribution < -0.4 is 20.5 Å². The molecular weight excluding hydrogens is 434 g/mol. The Balaban J connectivity index is 1.84. The first-order chi connectivity index (χ1) is 16.4. The number of carbonyl (C=O) groups is 1. The van der Waals surface area contributed by atoms with Crippen molar-refractivity contribution in [3.63, 3.8) is 0 Å². The molecule has 0 spiro atoms. The van der Waals surface area contributed by atoms with Crippen LogP contribution in [0.3, 0.4) is 0 Å². The normalized spacial score (nSPS) is 11.3. The molecule has 4 aromatic rings. The summed E-state index contributed by atoms with van der Waals surface area (Å²) in [7, 11) is 3.15. The number of aromatic nitrogens is 3. The number of para-hydroxylation sites is 2. The second kappa shape index (κ2) is 9.96. The predicted octanol–water partition coefficient (Wildman–Crippen LogP) is 3.72. The molecule has 4 rings (SSSR count). The fraction of sp³-hybridized carbons (Fsp3) is 0.320. The van der Waals surface area contributed by atoms with Crippen LogP contribution in [0.4, 0.5) is 5.82 Å². The zero-order valence-electron chi connectivity index (χ0n) is 19.8. The highest BCUT2D eigenvalue weighted by molar-refractivity contribution is 6.11. The lowest BCUT2D eigenvalue weighted by Crippen LogP contribution is -2.26. The summed E-state index contributed by atoms with van der Waals surface area (Å²) in [4.78, 5) is 22.8. The van der Waals surface area contributed by atoms with Crippen LogP contribution in [0.5, 0.6) is 11.5 Å². The second-order valence-corrected chi connectivity index (χ2v) is 8.05. The first-order valence-corrected chi connectivity index (χ1v) is 11.1. The Morgan fingerprint density at radius 3 is 2.50 bits per heavy atom. The molecule has 9 nitrogen and oxygen atoms in total. The van der Waals surface area contributed by atoms with Crippen molar-refractivity contribution in [2.24, 2.45) is 0 Å². The fourth-order valence-corrected chi connectivity index (χ4v) is 3.78. The molecule has 2 aromatic heterocycles. The molecule has 0 radical (unpaired) electrons. The van der Waals surface area contributed by atoms with E-state index < -0.39 is 0 Å². The fourth-order valence-electron chi connectivity index (χ4n) is 3.78. The van der Waals surface area contributed by atoms with Gasteiger partial charge < -0.3 is 25.3 Å². The summed E-state index contributed by atoms with van der Waals surface area (Å²) in [6, 6.07) is 12.8. The van der Waals surface area contributed by atoms with Gasteiger partial charge in [-0.25, -0.2) is 9.97 Å². The molecule has 0 bridgehead atoms. The molecule has 9 heteroatoms. The van der Waals surface area contributed by atoms with Gasteiger partial charge in [0.25, 0.3) is 5.91 Å². The maximum atomic E-state index is 13.3. The van der Waals surface area contributed by atoms with E-state index in [4.69, 9.17) is 29.9 Å². The Hall–Kier alpha value is -3.85. The first kappa shape index (κ1) is 23.3. The number of nitrogens with zero attached hydrogens (tertiary/aromatic N) is 3. The van der Waals surface area contributed by atoms with Crippen molar-refractivity contribution in [3.05, 3.63) is 48.0 Å². The number of benzene rings is 2. The van der Waals surface area contributed by atoms with Crippen LogP contribution in [0.1, 0.15) is 30.6 Å². The molecule has 0 atom stereocenters. The van der Waals surface area contributed by atoms with Crippen molar-refractivity contribution >= 4 is 33.9 Å². The van der Waals surface area contributed by atoms with Crippen molar-refractivity contribution in [1.82, 2.24) is 19.9 Å². The highest BCUT2D eigenvalue weighted by atomic mass is 16.5. The first-order valence-electron chi connectivity index (χ1n) is 11.1. The minimum atomic E-state index is -0.322. The van der Waals surface area contributed by atoms with Gasteiger partial charge in [0.05, 0.1) is 37.0 Å². The largest absolute Gasteiger partial charge is 0.497 e. The van der Waals surface area contributed by atoms with Crippen LogP contribution >= 0.6 is 0 Å². The number of carbonyl (C=O) groups excluding carboxylic acids is 1. The van der Waals surface area contributed by atoms with E-state index in [1.165, 1.54) is 0 Å². The van der Waals surface area contributed by atoms with Gasteiger partial charge in [-0.2, -0.15) is 0 Å². The van der Waals surface area contributed by atoms with Gasteiger partial charge in [0.2, 0.25) is 0 Å². The number of hydrogen-bond donors (Lipinski definition) is 2. The van der Waals surface area contributed by atoms with Crippen LogP contribution in [0, 0.1) is 0 Å². The van der Waals surface area contributed by atoms with E-state index in [0.29, 0.717) is 59.0 Å². The minimum absolute atomic E-state index is 0.144.